The lowest BCUT2D eigenvalue weighted by atomic mass is 10.1. The Hall–Kier alpha value is -1.82. The molecule has 6 heteroatoms. The fourth-order valence-corrected chi connectivity index (χ4v) is 3.76. The van der Waals surface area contributed by atoms with Crippen LogP contribution >= 0.6 is 11.8 Å². The molecule has 0 aliphatic carbocycles. The number of hydrogen-bond acceptors (Lipinski definition) is 4. The zero-order chi connectivity index (χ0) is 16.4. The summed E-state index contributed by atoms with van der Waals surface area (Å²) in [6, 6.07) is 4.98. The van der Waals surface area contributed by atoms with Gasteiger partial charge in [0, 0.05) is 19.6 Å². The van der Waals surface area contributed by atoms with E-state index in [1.165, 1.54) is 11.0 Å². The SMILES string of the molecule is CCCN1C(=O)S/C(=C\c2ccc(N3CCCC3)c(F)c2)C1=O. The molecule has 0 atom stereocenters. The van der Waals surface area contributed by atoms with E-state index < -0.39 is 0 Å². The average Bonchev–Trinajstić information content (AvgIpc) is 3.13. The fraction of sp³-hybridized carbons (Fsp3) is 0.412. The van der Waals surface area contributed by atoms with Crippen LogP contribution in [0.5, 0.6) is 0 Å². The molecule has 23 heavy (non-hydrogen) atoms. The highest BCUT2D eigenvalue weighted by atomic mass is 32.2. The lowest BCUT2D eigenvalue weighted by Crippen LogP contribution is -2.28. The molecule has 2 aliphatic rings. The van der Waals surface area contributed by atoms with Gasteiger partial charge in [0.15, 0.2) is 0 Å². The van der Waals surface area contributed by atoms with Crippen molar-refractivity contribution in [1.29, 1.82) is 0 Å². The summed E-state index contributed by atoms with van der Waals surface area (Å²) in [6.07, 6.45) is 4.50. The number of anilines is 1. The van der Waals surface area contributed by atoms with Crippen LogP contribution < -0.4 is 4.90 Å². The Balaban J connectivity index is 1.81. The molecule has 2 heterocycles. The van der Waals surface area contributed by atoms with Gasteiger partial charge in [0.25, 0.3) is 11.1 Å². The van der Waals surface area contributed by atoms with Crippen molar-refractivity contribution in [2.24, 2.45) is 0 Å². The third kappa shape index (κ3) is 3.27. The standard InChI is InChI=1S/C17H19FN2O2S/c1-2-7-20-16(21)15(23-17(20)22)11-12-5-6-14(13(18)10-12)19-8-3-4-9-19/h5-6,10-11H,2-4,7-9H2,1H3/b15-11-. The lowest BCUT2D eigenvalue weighted by Gasteiger charge is -2.18. The Kier molecular flexibility index (Phi) is 4.71. The third-order valence-electron chi connectivity index (χ3n) is 4.04. The van der Waals surface area contributed by atoms with Gasteiger partial charge < -0.3 is 4.90 Å². The maximum atomic E-state index is 14.3. The average molecular weight is 334 g/mol. The molecular formula is C17H19FN2O2S. The van der Waals surface area contributed by atoms with Gasteiger partial charge >= 0.3 is 0 Å². The van der Waals surface area contributed by atoms with E-state index >= 15 is 0 Å². The number of carbonyl (C=O) groups is 2. The monoisotopic (exact) mass is 334 g/mol. The van der Waals surface area contributed by atoms with E-state index in [0.29, 0.717) is 22.7 Å². The molecule has 2 saturated heterocycles. The van der Waals surface area contributed by atoms with Gasteiger partial charge in [-0.2, -0.15) is 0 Å². The number of carbonyl (C=O) groups excluding carboxylic acids is 2. The van der Waals surface area contributed by atoms with Crippen LogP contribution in [0.4, 0.5) is 14.9 Å². The summed E-state index contributed by atoms with van der Waals surface area (Å²) >= 11 is 0.918. The number of nitrogens with zero attached hydrogens (tertiary/aromatic N) is 2. The van der Waals surface area contributed by atoms with Gasteiger partial charge in [-0.3, -0.25) is 14.5 Å². The lowest BCUT2D eigenvalue weighted by molar-refractivity contribution is -0.122. The summed E-state index contributed by atoms with van der Waals surface area (Å²) in [7, 11) is 0. The molecule has 1 aromatic carbocycles. The van der Waals surface area contributed by atoms with Gasteiger partial charge in [-0.1, -0.05) is 13.0 Å². The number of imide groups is 1. The van der Waals surface area contributed by atoms with Crippen LogP contribution in [0.1, 0.15) is 31.7 Å². The van der Waals surface area contributed by atoms with E-state index in [2.05, 4.69) is 0 Å². The Labute approximate surface area is 139 Å². The van der Waals surface area contributed by atoms with Crippen LogP contribution in [0.25, 0.3) is 6.08 Å². The van der Waals surface area contributed by atoms with Gasteiger partial charge in [0.1, 0.15) is 5.82 Å². The summed E-state index contributed by atoms with van der Waals surface area (Å²) < 4.78 is 14.3. The zero-order valence-electron chi connectivity index (χ0n) is 13.0. The van der Waals surface area contributed by atoms with Crippen molar-refractivity contribution >= 4 is 34.7 Å². The van der Waals surface area contributed by atoms with E-state index in [9.17, 15) is 14.0 Å². The highest BCUT2D eigenvalue weighted by Gasteiger charge is 2.34. The highest BCUT2D eigenvalue weighted by Crippen LogP contribution is 2.33. The topological polar surface area (TPSA) is 40.6 Å². The maximum absolute atomic E-state index is 14.3. The molecular weight excluding hydrogens is 315 g/mol. The summed E-state index contributed by atoms with van der Waals surface area (Å²) in [4.78, 5) is 27.6. The predicted octanol–water partition coefficient (Wildman–Crippen LogP) is 3.87. The highest BCUT2D eigenvalue weighted by molar-refractivity contribution is 8.18. The number of halogens is 1. The van der Waals surface area contributed by atoms with E-state index in [1.54, 1.807) is 18.2 Å². The molecule has 2 aliphatic heterocycles. The van der Waals surface area contributed by atoms with E-state index in [-0.39, 0.29) is 17.0 Å². The van der Waals surface area contributed by atoms with Crippen LogP contribution in [0.15, 0.2) is 23.1 Å². The summed E-state index contributed by atoms with van der Waals surface area (Å²) in [5.74, 6) is -0.570. The van der Waals surface area contributed by atoms with Crippen LogP contribution in [-0.2, 0) is 4.79 Å². The largest absolute Gasteiger partial charge is 0.369 e. The van der Waals surface area contributed by atoms with Crippen molar-refractivity contribution in [2.45, 2.75) is 26.2 Å². The number of thioether (sulfide) groups is 1. The summed E-state index contributed by atoms with van der Waals surface area (Å²) in [5, 5.41) is -0.253. The smallest absolute Gasteiger partial charge is 0.293 e. The number of hydrogen-bond donors (Lipinski definition) is 0. The molecule has 122 valence electrons. The Morgan fingerprint density at radius 1 is 1.26 bits per heavy atom. The molecule has 0 N–H and O–H groups in total. The van der Waals surface area contributed by atoms with E-state index in [1.807, 2.05) is 11.8 Å². The molecule has 0 saturated carbocycles. The second kappa shape index (κ2) is 6.74. The van der Waals surface area contributed by atoms with Crippen LogP contribution in [0, 0.1) is 5.82 Å². The van der Waals surface area contributed by atoms with Crippen molar-refractivity contribution in [3.05, 3.63) is 34.5 Å². The van der Waals surface area contributed by atoms with E-state index in [0.717, 1.165) is 44.1 Å². The molecule has 0 aromatic heterocycles. The number of rotatable bonds is 4. The first-order valence-electron chi connectivity index (χ1n) is 7.90. The number of amides is 2. The maximum Gasteiger partial charge on any atom is 0.293 e. The Morgan fingerprint density at radius 3 is 2.65 bits per heavy atom. The third-order valence-corrected chi connectivity index (χ3v) is 4.94. The Morgan fingerprint density at radius 2 is 2.00 bits per heavy atom. The van der Waals surface area contributed by atoms with Gasteiger partial charge in [0.2, 0.25) is 0 Å². The van der Waals surface area contributed by atoms with Crippen molar-refractivity contribution in [3.8, 4) is 0 Å². The zero-order valence-corrected chi connectivity index (χ0v) is 13.9. The minimum absolute atomic E-state index is 0.253. The molecule has 0 radical (unpaired) electrons. The van der Waals surface area contributed by atoms with Gasteiger partial charge in [-0.05, 0) is 54.8 Å². The number of benzene rings is 1. The first-order valence-corrected chi connectivity index (χ1v) is 8.71. The first-order chi connectivity index (χ1) is 11.1. The van der Waals surface area contributed by atoms with Crippen molar-refractivity contribution in [3.63, 3.8) is 0 Å². The van der Waals surface area contributed by atoms with Crippen LogP contribution in [0.2, 0.25) is 0 Å². The molecule has 0 unspecified atom stereocenters. The normalized spacial score (nSPS) is 20.2. The van der Waals surface area contributed by atoms with Crippen molar-refractivity contribution in [1.82, 2.24) is 4.90 Å². The van der Waals surface area contributed by atoms with Gasteiger partial charge in [0.05, 0.1) is 10.6 Å². The molecule has 1 aromatic rings. The first kappa shape index (κ1) is 16.1. The predicted molar refractivity (Wildman–Crippen MR) is 90.8 cm³/mol. The van der Waals surface area contributed by atoms with Crippen molar-refractivity contribution < 1.29 is 14.0 Å². The minimum atomic E-state index is -0.286. The fourth-order valence-electron chi connectivity index (χ4n) is 2.90. The quantitative estimate of drug-likeness (QED) is 0.784. The molecule has 2 fully saturated rings. The second-order valence-electron chi connectivity index (χ2n) is 5.74. The summed E-state index contributed by atoms with van der Waals surface area (Å²) in [6.45, 7) is 4.10. The van der Waals surface area contributed by atoms with Gasteiger partial charge in [-0.15, -0.1) is 0 Å². The summed E-state index contributed by atoms with van der Waals surface area (Å²) in [5.41, 5.74) is 1.21. The van der Waals surface area contributed by atoms with Crippen LogP contribution in [0.3, 0.4) is 0 Å². The Bertz CT molecular complexity index is 669. The molecule has 0 spiro atoms. The molecule has 2 amide bonds. The van der Waals surface area contributed by atoms with Gasteiger partial charge in [-0.25, -0.2) is 4.39 Å². The van der Waals surface area contributed by atoms with Crippen LogP contribution in [-0.4, -0.2) is 35.7 Å². The van der Waals surface area contributed by atoms with E-state index in [4.69, 9.17) is 0 Å². The molecule has 0 bridgehead atoms. The molecule has 3 rings (SSSR count). The second-order valence-corrected chi connectivity index (χ2v) is 6.73. The molecule has 4 nitrogen and oxygen atoms in total. The van der Waals surface area contributed by atoms with Crippen molar-refractivity contribution in [2.75, 3.05) is 24.5 Å². The minimum Gasteiger partial charge on any atom is -0.369 e.